The highest BCUT2D eigenvalue weighted by Crippen LogP contribution is 1.80. The van der Waals surface area contributed by atoms with E-state index in [0.29, 0.717) is 0 Å². The van der Waals surface area contributed by atoms with Gasteiger partial charge in [-0.3, -0.25) is 0 Å². The van der Waals surface area contributed by atoms with Gasteiger partial charge in [0.05, 0.1) is 1.37 Å². The Morgan fingerprint density at radius 3 is 2.82 bits per heavy atom. The van der Waals surface area contributed by atoms with Crippen LogP contribution >= 0.6 is 0 Å². The van der Waals surface area contributed by atoms with Crippen LogP contribution < -0.4 is 0 Å². The quantitative estimate of drug-likeness (QED) is 0.496. The van der Waals surface area contributed by atoms with Crippen molar-refractivity contribution in [2.24, 2.45) is 0 Å². The van der Waals surface area contributed by atoms with Gasteiger partial charge in [0.1, 0.15) is 0 Å². The molecule has 0 spiro atoms. The zero-order valence-electron chi connectivity index (χ0n) is 7.94. The number of carboxylic acids is 1. The third kappa shape index (κ3) is 8.43. The molecule has 0 saturated heterocycles. The molecule has 0 saturated carbocycles. The Bertz CT molecular complexity index is 252. The summed E-state index contributed by atoms with van der Waals surface area (Å²) in [6.07, 6.45) is 10.9. The maximum atomic E-state index is 10.4. The molecule has 0 heterocycles. The monoisotopic (exact) mass is 154 g/mol. The van der Waals surface area contributed by atoms with Crippen LogP contribution in [0.5, 0.6) is 0 Å². The van der Waals surface area contributed by atoms with Gasteiger partial charge in [-0.25, -0.2) is 4.79 Å². The normalized spacial score (nSPS) is 14.9. The van der Waals surface area contributed by atoms with Crippen LogP contribution in [0.3, 0.4) is 0 Å². The summed E-state index contributed by atoms with van der Waals surface area (Å²) in [4.78, 5) is 10.4. The van der Waals surface area contributed by atoms with E-state index in [4.69, 9.17) is 2.80 Å². The van der Waals surface area contributed by atoms with Gasteiger partial charge in [-0.2, -0.15) is 0 Å². The lowest BCUT2D eigenvalue weighted by molar-refractivity contribution is -0.131. The summed E-state index contributed by atoms with van der Waals surface area (Å²) >= 11 is 0. The number of rotatable bonds is 4. The smallest absolute Gasteiger partial charge is 0.328 e. The maximum Gasteiger partial charge on any atom is 0.328 e. The Balaban J connectivity index is 3.75. The number of carbonyl (C=O) groups is 1. The average Bonchev–Trinajstić information content (AvgIpc) is 2.16. The lowest BCUT2D eigenvalue weighted by Crippen LogP contribution is -1.84. The molecule has 2 heteroatoms. The van der Waals surface area contributed by atoms with E-state index in [0.717, 1.165) is 12.6 Å². The summed E-state index contributed by atoms with van der Waals surface area (Å²) in [5.74, 6) is -0.709. The van der Waals surface area contributed by atoms with Gasteiger partial charge in [0.25, 0.3) is 1.43 Å². The molecule has 0 aliphatic carbocycles. The molecule has 0 radical (unpaired) electrons. The second kappa shape index (κ2) is 6.55. The SMILES string of the molecule is [3H]C=CC=CC=CC=CC(=O)O[3H]. The van der Waals surface area contributed by atoms with Gasteiger partial charge in [0, 0.05) is 6.08 Å². The van der Waals surface area contributed by atoms with Crippen molar-refractivity contribution in [3.8, 4) is 0 Å². The van der Waals surface area contributed by atoms with Gasteiger partial charge in [0.15, 0.2) is 0 Å². The summed E-state index contributed by atoms with van der Waals surface area (Å²) < 4.78 is 12.9. The summed E-state index contributed by atoms with van der Waals surface area (Å²) in [7, 11) is 0. The van der Waals surface area contributed by atoms with Gasteiger partial charge in [-0.1, -0.05) is 43.0 Å². The predicted molar refractivity (Wildman–Crippen MR) is 45.3 cm³/mol. The minimum absolute atomic E-state index is 0.709. The molecule has 0 bridgehead atoms. The number of hydrogen-bond acceptors (Lipinski definition) is 2. The van der Waals surface area contributed by atoms with Crippen LogP contribution in [-0.4, -0.2) is 11.1 Å². The molecule has 0 rings (SSSR count). The van der Waals surface area contributed by atoms with E-state index < -0.39 is 5.97 Å². The molecule has 0 unspecified atom stereocenters. The molecule has 0 fully saturated rings. The Kier molecular flexibility index (Phi) is 3.67. The number of allylic oxidation sites excluding steroid dienone is 6. The summed E-state index contributed by atoms with van der Waals surface area (Å²) in [5, 5.41) is 3.63. The molecule has 0 atom stereocenters. The molecule has 0 amide bonds. The van der Waals surface area contributed by atoms with E-state index in [9.17, 15) is 4.79 Å². The van der Waals surface area contributed by atoms with E-state index in [1.165, 1.54) is 6.08 Å². The summed E-state index contributed by atoms with van der Waals surface area (Å²) in [6, 6.07) is 0. The van der Waals surface area contributed by atoms with Gasteiger partial charge in [-0.15, -0.1) is 0 Å². The van der Waals surface area contributed by atoms with Crippen molar-refractivity contribution in [2.45, 2.75) is 0 Å². The third-order valence-electron chi connectivity index (χ3n) is 0.788. The van der Waals surface area contributed by atoms with Crippen molar-refractivity contribution in [1.82, 2.24) is 0 Å². The molecule has 0 aliphatic rings. The second-order valence-electron chi connectivity index (χ2n) is 1.64. The zero-order chi connectivity index (χ0) is 9.94. The minimum Gasteiger partial charge on any atom is -0.478 e. The molecule has 0 aromatic rings. The van der Waals surface area contributed by atoms with E-state index in [1.54, 1.807) is 30.4 Å². The first-order valence-electron chi connectivity index (χ1n) is 4.02. The standard InChI is InChI=1S/C9H10O2/c1-2-3-4-5-6-7-8-9(10)11/h2-8H,1H2,(H,10,11)/i1T/hT. The van der Waals surface area contributed by atoms with Crippen LogP contribution in [0.25, 0.3) is 1.43 Å². The van der Waals surface area contributed by atoms with Gasteiger partial charge >= 0.3 is 5.97 Å². The molecule has 0 aromatic carbocycles. The van der Waals surface area contributed by atoms with Gasteiger partial charge in [0.2, 0.25) is 0 Å². The van der Waals surface area contributed by atoms with Crippen LogP contribution in [0.1, 0.15) is 1.37 Å². The Morgan fingerprint density at radius 1 is 1.36 bits per heavy atom. The molecular weight excluding hydrogens is 140 g/mol. The van der Waals surface area contributed by atoms with Crippen molar-refractivity contribution in [3.05, 3.63) is 49.1 Å². The van der Waals surface area contributed by atoms with Gasteiger partial charge in [-0.05, 0) is 0 Å². The highest BCUT2D eigenvalue weighted by atomic mass is 16.4. The fraction of sp³-hybridized carbons (Fsp3) is 0. The number of hydrogen-bond donors (Lipinski definition) is 1. The summed E-state index contributed by atoms with van der Waals surface area (Å²) in [5.41, 5.74) is 0. The van der Waals surface area contributed by atoms with Crippen LogP contribution in [0.2, 0.25) is 0 Å². The third-order valence-corrected chi connectivity index (χ3v) is 0.788. The predicted octanol–water partition coefficient (Wildman–Crippen LogP) is 1.93. The van der Waals surface area contributed by atoms with E-state index in [2.05, 4.69) is 5.11 Å². The average molecular weight is 154 g/mol. The molecule has 0 aliphatic heterocycles. The lowest BCUT2D eigenvalue weighted by Gasteiger charge is -1.74. The van der Waals surface area contributed by atoms with Crippen molar-refractivity contribution >= 4 is 5.97 Å². The Morgan fingerprint density at radius 2 is 2.09 bits per heavy atom. The van der Waals surface area contributed by atoms with E-state index in [-0.39, 0.29) is 0 Å². The highest BCUT2D eigenvalue weighted by Gasteiger charge is 1.78. The first-order valence-corrected chi connectivity index (χ1v) is 3.03. The first kappa shape index (κ1) is 6.16. The summed E-state index contributed by atoms with van der Waals surface area (Å²) in [6.45, 7) is 1.16. The molecule has 1 N–H and O–H groups in total. The molecule has 2 nitrogen and oxygen atoms in total. The molecule has 11 heavy (non-hydrogen) atoms. The van der Waals surface area contributed by atoms with Crippen molar-refractivity contribution in [1.29, 1.82) is 1.43 Å². The van der Waals surface area contributed by atoms with Crippen molar-refractivity contribution in [2.75, 3.05) is 0 Å². The number of aliphatic carboxylic acids is 1. The van der Waals surface area contributed by atoms with Crippen molar-refractivity contribution < 1.29 is 11.3 Å². The fourth-order valence-corrected chi connectivity index (χ4v) is 0.391. The Hall–Kier alpha value is -1.57. The largest absolute Gasteiger partial charge is 0.478 e. The molecule has 58 valence electrons. The van der Waals surface area contributed by atoms with Crippen LogP contribution in [0.4, 0.5) is 0 Å². The van der Waals surface area contributed by atoms with E-state index in [1.807, 2.05) is 0 Å². The maximum absolute atomic E-state index is 10.4. The fourth-order valence-electron chi connectivity index (χ4n) is 0.391. The topological polar surface area (TPSA) is 37.3 Å². The minimum atomic E-state index is -0.709. The zero-order valence-corrected chi connectivity index (χ0v) is 5.94. The van der Waals surface area contributed by atoms with E-state index >= 15 is 0 Å². The lowest BCUT2D eigenvalue weighted by atomic mass is 10.4. The molecular formula is C9H10O2. The van der Waals surface area contributed by atoms with Crippen molar-refractivity contribution in [3.63, 3.8) is 0 Å². The second-order valence-corrected chi connectivity index (χ2v) is 1.64. The van der Waals surface area contributed by atoms with Crippen LogP contribution in [0.15, 0.2) is 49.1 Å². The highest BCUT2D eigenvalue weighted by molar-refractivity contribution is 5.80. The number of carboxylic acid groups (broad SMARTS) is 1. The van der Waals surface area contributed by atoms with Crippen LogP contribution in [0, 0.1) is 0 Å². The first-order chi connectivity index (χ1) is 6.31. The van der Waals surface area contributed by atoms with Crippen LogP contribution in [-0.2, 0) is 4.79 Å². The molecule has 0 aromatic heterocycles. The Labute approximate surface area is 68.8 Å². The van der Waals surface area contributed by atoms with Gasteiger partial charge < -0.3 is 5.11 Å².